The number of rotatable bonds is 26. The van der Waals surface area contributed by atoms with Crippen LogP contribution in [-0.4, -0.2) is 33.6 Å². The summed E-state index contributed by atoms with van der Waals surface area (Å²) in [6, 6.07) is 8.99. The Kier molecular flexibility index (Phi) is 22.2. The Hall–Kier alpha value is -2.49. The van der Waals surface area contributed by atoms with Gasteiger partial charge >= 0.3 is 0 Å². The third-order valence-corrected chi connectivity index (χ3v) is 12.6. The van der Waals surface area contributed by atoms with Crippen molar-refractivity contribution in [2.75, 3.05) is 6.54 Å². The summed E-state index contributed by atoms with van der Waals surface area (Å²) in [7, 11) is 0. The third kappa shape index (κ3) is 18.6. The largest absolute Gasteiger partial charge is 0.507 e. The minimum atomic E-state index is -0.190. The predicted molar refractivity (Wildman–Crippen MR) is 258 cm³/mol. The molecule has 2 rings (SSSR count). The molecular weight excluding hydrogens is 723 g/mol. The molecule has 0 atom stereocenters. The molecule has 4 nitrogen and oxygen atoms in total. The number of phenols is 2. The molecule has 338 valence electrons. The first kappa shape index (κ1) is 52.6. The summed E-state index contributed by atoms with van der Waals surface area (Å²) in [5.41, 5.74) is 5.71. The van der Waals surface area contributed by atoms with E-state index in [0.717, 1.165) is 80.2 Å². The van der Waals surface area contributed by atoms with Crippen molar-refractivity contribution >= 4 is 5.91 Å². The Morgan fingerprint density at radius 3 is 1.05 bits per heavy atom. The van der Waals surface area contributed by atoms with E-state index in [0.29, 0.717) is 23.8 Å². The van der Waals surface area contributed by atoms with Crippen molar-refractivity contribution in [1.29, 1.82) is 0 Å². The van der Waals surface area contributed by atoms with Gasteiger partial charge in [-0.15, -0.1) is 0 Å². The van der Waals surface area contributed by atoms with Crippen LogP contribution in [0.1, 0.15) is 259 Å². The van der Waals surface area contributed by atoms with E-state index in [1.165, 1.54) is 94.6 Å². The van der Waals surface area contributed by atoms with Gasteiger partial charge in [-0.3, -0.25) is 4.79 Å². The number of carbonyl (C=O) groups is 1. The Bertz CT molecular complexity index is 1350. The highest BCUT2D eigenvalue weighted by atomic mass is 16.3. The molecule has 0 aliphatic heterocycles. The zero-order valence-corrected chi connectivity index (χ0v) is 41.4. The van der Waals surface area contributed by atoms with Gasteiger partial charge in [0.1, 0.15) is 11.5 Å². The highest BCUT2D eigenvalue weighted by Gasteiger charge is 2.30. The molecule has 2 aromatic carbocycles. The lowest BCUT2D eigenvalue weighted by atomic mass is 9.77. The molecule has 0 spiro atoms. The van der Waals surface area contributed by atoms with Crippen LogP contribution in [-0.2, 0) is 39.3 Å². The quantitative estimate of drug-likeness (QED) is 0.0930. The lowest BCUT2D eigenvalue weighted by molar-refractivity contribution is -0.134. The first-order chi connectivity index (χ1) is 27.5. The van der Waals surface area contributed by atoms with Gasteiger partial charge in [-0.25, -0.2) is 0 Å². The van der Waals surface area contributed by atoms with Gasteiger partial charge in [-0.2, -0.15) is 0 Å². The lowest BCUT2D eigenvalue weighted by Crippen LogP contribution is -2.41. The Balaban J connectivity index is 2.27. The smallest absolute Gasteiger partial charge is 0.222 e. The van der Waals surface area contributed by atoms with Crippen LogP contribution in [0.4, 0.5) is 0 Å². The standard InChI is InChI=1S/C55H95NO3/c1-15-17-19-20-21-22-23-24-25-26-27-28-29-30-31-32-49(57)56(37-18-16-2)44(35-33-42-38-45(52(3,4)5)50(58)46(39-42)53(6,7)8)36-34-43-40-47(54(9,10)11)51(59)48(41-43)55(12,13)14/h38-41,44,58-59H,15-37H2,1-14H3. The van der Waals surface area contributed by atoms with E-state index in [9.17, 15) is 15.0 Å². The highest BCUT2D eigenvalue weighted by molar-refractivity contribution is 5.76. The molecule has 0 aliphatic carbocycles. The van der Waals surface area contributed by atoms with Gasteiger partial charge in [0.25, 0.3) is 0 Å². The maximum atomic E-state index is 14.3. The second-order valence-electron chi connectivity index (χ2n) is 22.5. The first-order valence-corrected chi connectivity index (χ1v) is 24.6. The number of hydrogen-bond acceptors (Lipinski definition) is 3. The summed E-state index contributed by atoms with van der Waals surface area (Å²) >= 11 is 0. The van der Waals surface area contributed by atoms with Crippen LogP contribution in [0.2, 0.25) is 0 Å². The molecule has 4 heteroatoms. The van der Waals surface area contributed by atoms with Crippen LogP contribution < -0.4 is 0 Å². The summed E-state index contributed by atoms with van der Waals surface area (Å²) < 4.78 is 0. The van der Waals surface area contributed by atoms with Crippen LogP contribution in [0.5, 0.6) is 11.5 Å². The number of hydrogen-bond donors (Lipinski definition) is 2. The zero-order chi connectivity index (χ0) is 44.4. The fraction of sp³-hybridized carbons (Fsp3) is 0.764. The summed E-state index contributed by atoms with van der Waals surface area (Å²) in [5, 5.41) is 22.9. The molecule has 0 saturated carbocycles. The molecular formula is C55H95NO3. The van der Waals surface area contributed by atoms with E-state index in [4.69, 9.17) is 0 Å². The van der Waals surface area contributed by atoms with Crippen molar-refractivity contribution in [2.24, 2.45) is 0 Å². The topological polar surface area (TPSA) is 60.8 Å². The summed E-state index contributed by atoms with van der Waals surface area (Å²) in [4.78, 5) is 16.6. The van der Waals surface area contributed by atoms with Crippen LogP contribution >= 0.6 is 0 Å². The molecule has 0 fully saturated rings. The summed E-state index contributed by atoms with van der Waals surface area (Å²) in [6.45, 7) is 31.5. The molecule has 2 N–H and O–H groups in total. The van der Waals surface area contributed by atoms with Crippen molar-refractivity contribution in [3.05, 3.63) is 57.6 Å². The van der Waals surface area contributed by atoms with Gasteiger partial charge < -0.3 is 15.1 Å². The fourth-order valence-electron chi connectivity index (χ4n) is 8.72. The number of nitrogens with zero attached hydrogens (tertiary/aromatic N) is 1. The molecule has 0 heterocycles. The van der Waals surface area contributed by atoms with Crippen LogP contribution in [0.15, 0.2) is 24.3 Å². The molecule has 0 saturated heterocycles. The molecule has 59 heavy (non-hydrogen) atoms. The number of amides is 1. The number of aromatic hydroxyl groups is 2. The molecule has 2 aromatic rings. The van der Waals surface area contributed by atoms with Gasteiger partial charge in [0.2, 0.25) is 5.91 Å². The second-order valence-corrected chi connectivity index (χ2v) is 22.5. The Morgan fingerprint density at radius 2 is 0.763 bits per heavy atom. The van der Waals surface area contributed by atoms with Gasteiger partial charge in [0.05, 0.1) is 0 Å². The number of unbranched alkanes of at least 4 members (excludes halogenated alkanes) is 15. The van der Waals surface area contributed by atoms with Crippen LogP contribution in [0, 0.1) is 0 Å². The number of carbonyl (C=O) groups excluding carboxylic acids is 1. The maximum absolute atomic E-state index is 14.3. The van der Waals surface area contributed by atoms with E-state index in [-0.39, 0.29) is 27.7 Å². The average Bonchev–Trinajstić information content (AvgIpc) is 3.12. The van der Waals surface area contributed by atoms with E-state index in [2.05, 4.69) is 126 Å². The average molecular weight is 818 g/mol. The van der Waals surface area contributed by atoms with Crippen molar-refractivity contribution in [1.82, 2.24) is 4.90 Å². The van der Waals surface area contributed by atoms with E-state index >= 15 is 0 Å². The number of phenolic OH excluding ortho intramolecular Hbond substituents is 2. The van der Waals surface area contributed by atoms with E-state index < -0.39 is 0 Å². The SMILES string of the molecule is CCCCCCCCCCCCCCCCCC(=O)N(CCCC)C(CCc1cc(C(C)(C)C)c(O)c(C(C)(C)C)c1)CCc1cc(C(C)(C)C)c(O)c(C(C)(C)C)c1. The summed E-state index contributed by atoms with van der Waals surface area (Å²) in [5.74, 6) is 1.15. The van der Waals surface area contributed by atoms with Gasteiger partial charge in [-0.05, 0) is 93.6 Å². The number of benzene rings is 2. The van der Waals surface area contributed by atoms with Crippen LogP contribution in [0.25, 0.3) is 0 Å². The van der Waals surface area contributed by atoms with E-state index in [1.54, 1.807) is 0 Å². The predicted octanol–water partition coefficient (Wildman–Crippen LogP) is 16.1. The lowest BCUT2D eigenvalue weighted by Gasteiger charge is -2.34. The first-order valence-electron chi connectivity index (χ1n) is 24.6. The van der Waals surface area contributed by atoms with Crippen molar-refractivity contribution in [3.8, 4) is 11.5 Å². The van der Waals surface area contributed by atoms with Crippen LogP contribution in [0.3, 0.4) is 0 Å². The second kappa shape index (κ2) is 24.8. The summed E-state index contributed by atoms with van der Waals surface area (Å²) in [6.07, 6.45) is 26.0. The molecule has 0 aliphatic rings. The highest BCUT2D eigenvalue weighted by Crippen LogP contribution is 2.42. The van der Waals surface area contributed by atoms with Crippen molar-refractivity contribution in [3.63, 3.8) is 0 Å². The van der Waals surface area contributed by atoms with E-state index in [1.807, 2.05) is 0 Å². The van der Waals surface area contributed by atoms with Gasteiger partial charge in [0.15, 0.2) is 0 Å². The van der Waals surface area contributed by atoms with Gasteiger partial charge in [-0.1, -0.05) is 218 Å². The van der Waals surface area contributed by atoms with Gasteiger partial charge in [0, 0.05) is 19.0 Å². The molecule has 0 unspecified atom stereocenters. The van der Waals surface area contributed by atoms with Crippen molar-refractivity contribution in [2.45, 2.75) is 266 Å². The minimum absolute atomic E-state index is 0.0975. The monoisotopic (exact) mass is 818 g/mol. The molecule has 0 bridgehead atoms. The Morgan fingerprint density at radius 1 is 0.475 bits per heavy atom. The maximum Gasteiger partial charge on any atom is 0.222 e. The fourth-order valence-corrected chi connectivity index (χ4v) is 8.72. The zero-order valence-electron chi connectivity index (χ0n) is 41.4. The Labute approximate surface area is 366 Å². The minimum Gasteiger partial charge on any atom is -0.507 e. The molecule has 0 aromatic heterocycles. The number of aryl methyl sites for hydroxylation is 2. The third-order valence-electron chi connectivity index (χ3n) is 12.6. The van der Waals surface area contributed by atoms with Crippen molar-refractivity contribution < 1.29 is 15.0 Å². The normalized spacial score (nSPS) is 12.8. The molecule has 0 radical (unpaired) electrons. The molecule has 1 amide bonds.